The van der Waals surface area contributed by atoms with Gasteiger partial charge in [0.05, 0.1) is 9.37 Å². The maximum Gasteiger partial charge on any atom is 0.238 e. The van der Waals surface area contributed by atoms with Gasteiger partial charge < -0.3 is 20.8 Å². The molecule has 0 saturated carbocycles. The zero-order valence-electron chi connectivity index (χ0n) is 16.1. The summed E-state index contributed by atoms with van der Waals surface area (Å²) in [5, 5.41) is 31.7. The van der Waals surface area contributed by atoms with Crippen LogP contribution in [0, 0.1) is 0 Å². The molecule has 3 rings (SSSR count). The summed E-state index contributed by atoms with van der Waals surface area (Å²) in [5.74, 6) is 0.231. The fourth-order valence-corrected chi connectivity index (χ4v) is 3.54. The number of rotatable bonds is 8. The number of hydrogen-bond acceptors (Lipinski definition) is 8. The summed E-state index contributed by atoms with van der Waals surface area (Å²) in [6, 6.07) is 13.7. The largest absolute Gasteiger partial charge is 0.511 e. The molecule has 162 valence electrons. The van der Waals surface area contributed by atoms with Crippen molar-refractivity contribution < 1.29 is 18.6 Å². The number of sulfonamides is 1. The molecule has 0 aliphatic carbocycles. The number of halogens is 1. The second kappa shape index (κ2) is 9.43. The van der Waals surface area contributed by atoms with Crippen LogP contribution in [0.15, 0.2) is 82.5 Å². The Balaban J connectivity index is 1.82. The second-order valence-corrected chi connectivity index (χ2v) is 8.97. The summed E-state index contributed by atoms with van der Waals surface area (Å²) in [6.07, 6.45) is 0.408. The molecule has 9 nitrogen and oxygen atoms in total. The van der Waals surface area contributed by atoms with E-state index in [1.54, 1.807) is 24.3 Å². The Morgan fingerprint density at radius 1 is 1.13 bits per heavy atom. The highest BCUT2D eigenvalue weighted by Crippen LogP contribution is 2.28. The van der Waals surface area contributed by atoms with Gasteiger partial charge in [0.2, 0.25) is 16.0 Å². The normalized spacial score (nSPS) is 13.3. The number of anilines is 3. The van der Waals surface area contributed by atoms with Crippen LogP contribution in [-0.2, 0) is 10.0 Å². The van der Waals surface area contributed by atoms with Crippen molar-refractivity contribution in [1.82, 2.24) is 9.97 Å². The molecule has 0 amide bonds. The molecule has 3 aromatic rings. The molecule has 31 heavy (non-hydrogen) atoms. The van der Waals surface area contributed by atoms with Crippen molar-refractivity contribution in [3.05, 3.63) is 83.2 Å². The van der Waals surface area contributed by atoms with E-state index < -0.39 is 22.2 Å². The van der Waals surface area contributed by atoms with E-state index in [2.05, 4.69) is 43.1 Å². The fourth-order valence-electron chi connectivity index (χ4n) is 2.72. The van der Waals surface area contributed by atoms with Crippen LogP contribution in [0.1, 0.15) is 11.7 Å². The summed E-state index contributed by atoms with van der Waals surface area (Å²) in [4.78, 5) is 8.49. The van der Waals surface area contributed by atoms with Gasteiger partial charge >= 0.3 is 0 Å². The SMILES string of the molecule is C=C(O)[C@H](Nc1nc(Nc2ccc(S(N)(=O)=O)cc2)ncc1Br)[C@@H](O)c1ccccc1. The lowest BCUT2D eigenvalue weighted by Crippen LogP contribution is -2.30. The molecule has 0 aliphatic rings. The number of aliphatic hydroxyl groups is 2. The van der Waals surface area contributed by atoms with Crippen molar-refractivity contribution in [3.8, 4) is 0 Å². The molecule has 0 saturated heterocycles. The average molecular weight is 506 g/mol. The van der Waals surface area contributed by atoms with Crippen molar-refractivity contribution in [2.75, 3.05) is 10.6 Å². The van der Waals surface area contributed by atoms with Crippen LogP contribution in [0.4, 0.5) is 17.5 Å². The first-order chi connectivity index (χ1) is 14.6. The summed E-state index contributed by atoms with van der Waals surface area (Å²) in [5.41, 5.74) is 1.13. The van der Waals surface area contributed by atoms with Crippen molar-refractivity contribution in [1.29, 1.82) is 0 Å². The average Bonchev–Trinajstić information content (AvgIpc) is 2.73. The molecule has 11 heteroatoms. The van der Waals surface area contributed by atoms with E-state index in [9.17, 15) is 18.6 Å². The van der Waals surface area contributed by atoms with Crippen LogP contribution in [-0.4, -0.2) is 34.6 Å². The number of aliphatic hydroxyl groups excluding tert-OH is 2. The van der Waals surface area contributed by atoms with Crippen LogP contribution >= 0.6 is 15.9 Å². The first-order valence-corrected chi connectivity index (χ1v) is 11.3. The molecule has 0 spiro atoms. The molecule has 0 aliphatic heterocycles. The van der Waals surface area contributed by atoms with Crippen molar-refractivity contribution in [2.45, 2.75) is 17.0 Å². The summed E-state index contributed by atoms with van der Waals surface area (Å²) in [7, 11) is -3.79. The smallest absolute Gasteiger partial charge is 0.238 e. The topological polar surface area (TPSA) is 150 Å². The number of hydrogen-bond donors (Lipinski definition) is 5. The lowest BCUT2D eigenvalue weighted by Gasteiger charge is -2.24. The Bertz CT molecular complexity index is 1170. The minimum absolute atomic E-state index is 0.0173. The van der Waals surface area contributed by atoms with E-state index in [-0.39, 0.29) is 16.6 Å². The first kappa shape index (κ1) is 22.7. The maximum atomic E-state index is 11.4. The Kier molecular flexibility index (Phi) is 6.91. The van der Waals surface area contributed by atoms with Crippen molar-refractivity contribution in [2.24, 2.45) is 5.14 Å². The molecule has 2 aromatic carbocycles. The van der Waals surface area contributed by atoms with Gasteiger partial charge in [-0.15, -0.1) is 0 Å². The van der Waals surface area contributed by atoms with Gasteiger partial charge in [-0.05, 0) is 45.8 Å². The minimum Gasteiger partial charge on any atom is -0.511 e. The highest BCUT2D eigenvalue weighted by Gasteiger charge is 2.25. The predicted molar refractivity (Wildman–Crippen MR) is 121 cm³/mol. The standard InChI is InChI=1S/C20H20BrN5O4S/c1-12(27)17(18(28)13-5-3-2-4-6-13)25-19-16(21)11-23-20(26-19)24-14-7-9-15(10-8-14)31(22,29)30/h2-11,17-18,27-28H,1H2,(H2,22,29,30)(H2,23,24,25,26)/t17-,18-/m0/s1. The summed E-state index contributed by atoms with van der Waals surface area (Å²) in [6.45, 7) is 3.55. The third kappa shape index (κ3) is 5.79. The van der Waals surface area contributed by atoms with E-state index >= 15 is 0 Å². The molecular formula is C20H20BrN5O4S. The Hall–Kier alpha value is -2.99. The van der Waals surface area contributed by atoms with Crippen LogP contribution in [0.25, 0.3) is 0 Å². The molecule has 0 bridgehead atoms. The molecule has 0 fully saturated rings. The zero-order chi connectivity index (χ0) is 22.6. The monoisotopic (exact) mass is 505 g/mol. The minimum atomic E-state index is -3.79. The van der Waals surface area contributed by atoms with Gasteiger partial charge in [-0.1, -0.05) is 36.9 Å². The van der Waals surface area contributed by atoms with E-state index in [1.807, 2.05) is 6.07 Å². The first-order valence-electron chi connectivity index (χ1n) is 8.95. The van der Waals surface area contributed by atoms with Crippen LogP contribution < -0.4 is 15.8 Å². The Morgan fingerprint density at radius 2 is 1.77 bits per heavy atom. The van der Waals surface area contributed by atoms with Crippen LogP contribution in [0.5, 0.6) is 0 Å². The molecule has 1 aromatic heterocycles. The van der Waals surface area contributed by atoms with Crippen LogP contribution in [0.3, 0.4) is 0 Å². The number of primary sulfonamides is 1. The zero-order valence-corrected chi connectivity index (χ0v) is 18.5. The summed E-state index contributed by atoms with van der Waals surface area (Å²) < 4.78 is 23.2. The lowest BCUT2D eigenvalue weighted by molar-refractivity contribution is 0.147. The maximum absolute atomic E-state index is 11.4. The fraction of sp³-hybridized carbons (Fsp3) is 0.100. The van der Waals surface area contributed by atoms with Gasteiger partial charge in [-0.25, -0.2) is 18.5 Å². The predicted octanol–water partition coefficient (Wildman–Crippen LogP) is 3.22. The Morgan fingerprint density at radius 3 is 2.35 bits per heavy atom. The second-order valence-electron chi connectivity index (χ2n) is 6.55. The van der Waals surface area contributed by atoms with Gasteiger partial charge in [0.25, 0.3) is 0 Å². The van der Waals surface area contributed by atoms with Crippen LogP contribution in [0.2, 0.25) is 0 Å². The highest BCUT2D eigenvalue weighted by molar-refractivity contribution is 9.10. The van der Waals surface area contributed by atoms with Gasteiger partial charge in [0.1, 0.15) is 23.7 Å². The third-order valence-corrected chi connectivity index (χ3v) is 5.80. The van der Waals surface area contributed by atoms with Gasteiger partial charge in [-0.2, -0.15) is 4.98 Å². The van der Waals surface area contributed by atoms with Crippen molar-refractivity contribution in [3.63, 3.8) is 0 Å². The molecule has 6 N–H and O–H groups in total. The van der Waals surface area contributed by atoms with E-state index in [0.29, 0.717) is 21.5 Å². The van der Waals surface area contributed by atoms with Gasteiger partial charge in [0.15, 0.2) is 0 Å². The van der Waals surface area contributed by atoms with Gasteiger partial charge in [0, 0.05) is 11.9 Å². The molecule has 1 heterocycles. The van der Waals surface area contributed by atoms with E-state index in [0.717, 1.165) is 0 Å². The Labute approximate surface area is 187 Å². The quantitative estimate of drug-likeness (QED) is 0.292. The molecule has 2 atom stereocenters. The highest BCUT2D eigenvalue weighted by atomic mass is 79.9. The third-order valence-electron chi connectivity index (χ3n) is 4.29. The lowest BCUT2D eigenvalue weighted by atomic mass is 10.0. The van der Waals surface area contributed by atoms with Gasteiger partial charge in [-0.3, -0.25) is 0 Å². The number of nitrogens with two attached hydrogens (primary N) is 1. The van der Waals surface area contributed by atoms with E-state index in [4.69, 9.17) is 5.14 Å². The molecule has 0 unspecified atom stereocenters. The number of nitrogens with zero attached hydrogens (tertiary/aromatic N) is 2. The number of aromatic nitrogens is 2. The molecule has 0 radical (unpaired) electrons. The molecular weight excluding hydrogens is 486 g/mol. The summed E-state index contributed by atoms with van der Waals surface area (Å²) >= 11 is 3.34. The number of benzene rings is 2. The number of nitrogens with one attached hydrogen (secondary N) is 2. The van der Waals surface area contributed by atoms with E-state index in [1.165, 1.54) is 30.5 Å². The van der Waals surface area contributed by atoms with Crippen molar-refractivity contribution >= 4 is 43.4 Å².